The molecule has 3 rings (SSSR count). The van der Waals surface area contributed by atoms with Crippen LogP contribution in [0, 0.1) is 86.9 Å². The number of nitriles is 4. The van der Waals surface area contributed by atoms with Gasteiger partial charge in [0.15, 0.2) is 0 Å². The number of rotatable bonds is 0. The molecule has 1 aliphatic rings. The number of nitrogens with zero attached hydrogens (tertiary/aromatic N) is 4. The number of hydrogen-bond donors (Lipinski definition) is 0. The molecule has 6 heteroatoms. The van der Waals surface area contributed by atoms with Crippen LogP contribution in [0.2, 0.25) is 0 Å². The summed E-state index contributed by atoms with van der Waals surface area (Å²) < 4.78 is 0. The summed E-state index contributed by atoms with van der Waals surface area (Å²) in [6, 6.07) is 18.7. The van der Waals surface area contributed by atoms with Gasteiger partial charge in [-0.25, -0.2) is 0 Å². The van der Waals surface area contributed by atoms with E-state index in [2.05, 4.69) is 77.9 Å². The van der Waals surface area contributed by atoms with E-state index in [1.54, 1.807) is 0 Å². The monoisotopic (exact) mass is 448 g/mol. The number of carbonyl (C=O) groups is 2. The Morgan fingerprint density at radius 3 is 0.676 bits per heavy atom. The molecule has 1 aliphatic carbocycles. The Bertz CT molecular complexity index is 1120. The quantitative estimate of drug-likeness (QED) is 0.519. The van der Waals surface area contributed by atoms with Crippen LogP contribution >= 0.6 is 0 Å². The van der Waals surface area contributed by atoms with Crippen LogP contribution in [0.4, 0.5) is 0 Å². The van der Waals surface area contributed by atoms with Crippen LogP contribution in [0.1, 0.15) is 33.4 Å². The highest BCUT2D eigenvalue weighted by atomic mass is 16.1. The molecule has 0 heterocycles. The summed E-state index contributed by atoms with van der Waals surface area (Å²) in [5.41, 5.74) is 5.36. The number of carbonyl (C=O) groups excluding carboxylic acids is 2. The van der Waals surface area contributed by atoms with Gasteiger partial charge in [0.05, 0.1) is 0 Å². The summed E-state index contributed by atoms with van der Waals surface area (Å²) >= 11 is 0. The van der Waals surface area contributed by atoms with E-state index in [1.807, 2.05) is 0 Å². The van der Waals surface area contributed by atoms with Crippen molar-refractivity contribution in [3.63, 3.8) is 0 Å². The van der Waals surface area contributed by atoms with Gasteiger partial charge in [0.1, 0.15) is 46.6 Å². The number of benzene rings is 2. The molecule has 0 fully saturated rings. The first-order valence-electron chi connectivity index (χ1n) is 10.3. The molecular formula is C28H24N4O2. The van der Waals surface area contributed by atoms with Crippen molar-refractivity contribution in [2.24, 2.45) is 0 Å². The predicted octanol–water partition coefficient (Wildman–Crippen LogP) is 5.05. The van der Waals surface area contributed by atoms with Crippen molar-refractivity contribution in [1.82, 2.24) is 0 Å². The maximum atomic E-state index is 11.5. The van der Waals surface area contributed by atoms with Gasteiger partial charge in [-0.3, -0.25) is 9.59 Å². The van der Waals surface area contributed by atoms with Gasteiger partial charge in [0.2, 0.25) is 11.6 Å². The smallest absolute Gasteiger partial charge is 0.217 e. The minimum atomic E-state index is -1.06. The zero-order chi connectivity index (χ0) is 26.0. The molecule has 0 radical (unpaired) electrons. The lowest BCUT2D eigenvalue weighted by molar-refractivity contribution is -0.115. The number of aryl methyl sites for hydroxylation is 6. The zero-order valence-electron chi connectivity index (χ0n) is 20.1. The molecule has 34 heavy (non-hydrogen) atoms. The topological polar surface area (TPSA) is 129 Å². The van der Waals surface area contributed by atoms with Gasteiger partial charge in [-0.15, -0.1) is 0 Å². The van der Waals surface area contributed by atoms with Crippen molar-refractivity contribution in [2.45, 2.75) is 41.5 Å². The highest BCUT2D eigenvalue weighted by Crippen LogP contribution is 2.23. The molecule has 0 unspecified atom stereocenters. The third-order valence-corrected chi connectivity index (χ3v) is 4.59. The molecule has 0 aromatic heterocycles. The first-order chi connectivity index (χ1) is 16.0. The number of hydrogen-bond acceptors (Lipinski definition) is 6. The van der Waals surface area contributed by atoms with E-state index in [4.69, 9.17) is 21.0 Å². The standard InChI is InChI=1S/C10N4O2.2C9H12/c11-1-5-6(2-12)10(16)8(4-14)7(3-13)9(5)15;2*1-7-4-8(2)6-9(3)5-7/h;2*4-6H,1-3H3. The Morgan fingerprint density at radius 2 is 0.559 bits per heavy atom. The fourth-order valence-electron chi connectivity index (χ4n) is 3.54. The molecule has 6 nitrogen and oxygen atoms in total. The van der Waals surface area contributed by atoms with E-state index >= 15 is 0 Å². The summed E-state index contributed by atoms with van der Waals surface area (Å²) in [7, 11) is 0. The molecule has 0 saturated carbocycles. The van der Waals surface area contributed by atoms with E-state index < -0.39 is 33.9 Å². The summed E-state index contributed by atoms with van der Waals surface area (Å²) in [4.78, 5) is 22.9. The van der Waals surface area contributed by atoms with Gasteiger partial charge in [-0.05, 0) is 41.5 Å². The highest BCUT2D eigenvalue weighted by Gasteiger charge is 2.35. The molecular weight excluding hydrogens is 424 g/mol. The largest absolute Gasteiger partial charge is 0.287 e. The Labute approximate surface area is 200 Å². The molecule has 2 aromatic carbocycles. The van der Waals surface area contributed by atoms with Crippen LogP contribution < -0.4 is 0 Å². The van der Waals surface area contributed by atoms with Crippen LogP contribution in [0.5, 0.6) is 0 Å². The number of allylic oxidation sites excluding steroid dienone is 4. The Hall–Kier alpha value is -4.78. The van der Waals surface area contributed by atoms with Gasteiger partial charge in [0.25, 0.3) is 0 Å². The van der Waals surface area contributed by atoms with Gasteiger partial charge in [-0.2, -0.15) is 21.0 Å². The second-order valence-electron chi connectivity index (χ2n) is 7.94. The molecule has 168 valence electrons. The predicted molar refractivity (Wildman–Crippen MR) is 128 cm³/mol. The number of Topliss-reactive ketones (excluding diaryl/α,β-unsaturated/α-hetero) is 2. The second kappa shape index (κ2) is 12.3. The van der Waals surface area contributed by atoms with Crippen molar-refractivity contribution in [3.05, 3.63) is 92.1 Å². The Kier molecular flexibility index (Phi) is 9.86. The van der Waals surface area contributed by atoms with Crippen molar-refractivity contribution < 1.29 is 9.59 Å². The molecule has 2 aromatic rings. The molecule has 0 spiro atoms. The molecule has 0 aliphatic heterocycles. The van der Waals surface area contributed by atoms with E-state index in [0.717, 1.165) is 0 Å². The van der Waals surface area contributed by atoms with Crippen LogP contribution in [-0.4, -0.2) is 11.6 Å². The lowest BCUT2D eigenvalue weighted by Gasteiger charge is -2.08. The highest BCUT2D eigenvalue weighted by molar-refractivity contribution is 6.30. The minimum Gasteiger partial charge on any atom is -0.287 e. The SMILES string of the molecule is Cc1cc(C)cc(C)c1.Cc1cc(C)cc(C)c1.N#CC1=C(C#N)C(=O)C(C#N)=C(C#N)C1=O. The van der Waals surface area contributed by atoms with E-state index in [0.29, 0.717) is 0 Å². The first-order valence-corrected chi connectivity index (χ1v) is 10.3. The normalized spacial score (nSPS) is 12.2. The van der Waals surface area contributed by atoms with Crippen LogP contribution in [0.25, 0.3) is 0 Å². The average Bonchev–Trinajstić information content (AvgIpc) is 2.73. The van der Waals surface area contributed by atoms with E-state index in [9.17, 15) is 9.59 Å². The van der Waals surface area contributed by atoms with Crippen LogP contribution in [0.3, 0.4) is 0 Å². The molecule has 0 saturated heterocycles. The van der Waals surface area contributed by atoms with Crippen LogP contribution in [-0.2, 0) is 9.59 Å². The van der Waals surface area contributed by atoms with Crippen LogP contribution in [0.15, 0.2) is 58.7 Å². The van der Waals surface area contributed by atoms with Gasteiger partial charge in [-0.1, -0.05) is 69.8 Å². The van der Waals surface area contributed by atoms with Crippen molar-refractivity contribution in [2.75, 3.05) is 0 Å². The molecule has 0 atom stereocenters. The first kappa shape index (κ1) is 27.3. The third-order valence-electron chi connectivity index (χ3n) is 4.59. The molecule has 0 bridgehead atoms. The average molecular weight is 449 g/mol. The maximum Gasteiger partial charge on any atom is 0.217 e. The fourth-order valence-corrected chi connectivity index (χ4v) is 3.54. The molecule has 0 amide bonds. The fraction of sp³-hybridized carbons (Fsp3) is 0.214. The summed E-state index contributed by atoms with van der Waals surface area (Å²) in [5.74, 6) is -2.12. The van der Waals surface area contributed by atoms with Gasteiger partial charge in [0, 0.05) is 0 Å². The number of ketones is 2. The maximum absolute atomic E-state index is 11.5. The van der Waals surface area contributed by atoms with Gasteiger partial charge >= 0.3 is 0 Å². The van der Waals surface area contributed by atoms with E-state index in [1.165, 1.54) is 57.7 Å². The Balaban J connectivity index is 0.000000274. The summed E-state index contributed by atoms with van der Waals surface area (Å²) in [6.45, 7) is 12.8. The zero-order valence-corrected chi connectivity index (χ0v) is 20.1. The van der Waals surface area contributed by atoms with Gasteiger partial charge < -0.3 is 0 Å². The third kappa shape index (κ3) is 7.13. The van der Waals surface area contributed by atoms with E-state index in [-0.39, 0.29) is 0 Å². The second-order valence-corrected chi connectivity index (χ2v) is 7.94. The summed E-state index contributed by atoms with van der Waals surface area (Å²) in [6.07, 6.45) is 0. The van der Waals surface area contributed by atoms with Crippen molar-refractivity contribution >= 4 is 11.6 Å². The molecule has 0 N–H and O–H groups in total. The minimum absolute atomic E-state index is 0.692. The lowest BCUT2D eigenvalue weighted by atomic mass is 9.86. The summed E-state index contributed by atoms with van der Waals surface area (Å²) in [5, 5.41) is 34.4. The lowest BCUT2D eigenvalue weighted by Crippen LogP contribution is -2.21. The van der Waals surface area contributed by atoms with Crippen molar-refractivity contribution in [1.29, 1.82) is 21.0 Å². The Morgan fingerprint density at radius 1 is 0.412 bits per heavy atom. The van der Waals surface area contributed by atoms with Crippen molar-refractivity contribution in [3.8, 4) is 24.3 Å².